The molecule has 1 aromatic heterocycles. The number of carbonyl (C=O) groups is 2. The van der Waals surface area contributed by atoms with Gasteiger partial charge in [0.25, 0.3) is 5.91 Å². The van der Waals surface area contributed by atoms with Gasteiger partial charge >= 0.3 is 0 Å². The lowest BCUT2D eigenvalue weighted by Crippen LogP contribution is -2.37. The number of carbonyl (C=O) groups excluding carboxylic acids is 2. The van der Waals surface area contributed by atoms with Gasteiger partial charge in [0.15, 0.2) is 6.29 Å². The van der Waals surface area contributed by atoms with Crippen molar-refractivity contribution in [3.63, 3.8) is 0 Å². The van der Waals surface area contributed by atoms with Crippen LogP contribution in [0.25, 0.3) is 11.3 Å². The van der Waals surface area contributed by atoms with E-state index in [0.29, 0.717) is 16.1 Å². The first-order valence-electron chi connectivity index (χ1n) is 10.8. The van der Waals surface area contributed by atoms with Crippen LogP contribution in [0.3, 0.4) is 0 Å². The zero-order valence-corrected chi connectivity index (χ0v) is 18.3. The number of hydrogen-bond donors (Lipinski definition) is 0. The summed E-state index contributed by atoms with van der Waals surface area (Å²) in [6.07, 6.45) is 5.89. The molecule has 0 spiro atoms. The molecule has 0 saturated carbocycles. The lowest BCUT2D eigenvalue weighted by molar-refractivity contribution is 0.0940. The third kappa shape index (κ3) is 3.37. The molecule has 0 atom stereocenters. The maximum Gasteiger partial charge on any atom is 0.280 e. The van der Waals surface area contributed by atoms with Gasteiger partial charge in [0, 0.05) is 35.5 Å². The first-order chi connectivity index (χ1) is 15.1. The number of nitrogens with zero attached hydrogens (tertiary/aromatic N) is 3. The molecule has 5 rings (SSSR count). The fourth-order valence-corrected chi connectivity index (χ4v) is 4.93. The fourth-order valence-electron chi connectivity index (χ4n) is 4.63. The van der Waals surface area contributed by atoms with Crippen molar-refractivity contribution in [2.45, 2.75) is 39.0 Å². The monoisotopic (exact) mass is 433 g/mol. The lowest BCUT2D eigenvalue weighted by Gasteiger charge is -2.34. The van der Waals surface area contributed by atoms with Crippen molar-refractivity contribution in [1.82, 2.24) is 9.78 Å². The SMILES string of the molecule is Cc1cccc(Cl)c1C(=O)n1nc(-c2ccc(C=O)c(N3CCC3)c2)c2c1CCCC2. The molecule has 6 heteroatoms. The number of rotatable bonds is 4. The van der Waals surface area contributed by atoms with Gasteiger partial charge in [-0.15, -0.1) is 0 Å². The maximum atomic E-state index is 13.5. The summed E-state index contributed by atoms with van der Waals surface area (Å²) < 4.78 is 1.56. The molecule has 1 fully saturated rings. The Morgan fingerprint density at radius 2 is 1.90 bits per heavy atom. The van der Waals surface area contributed by atoms with E-state index in [9.17, 15) is 9.59 Å². The van der Waals surface area contributed by atoms with Crippen LogP contribution >= 0.6 is 11.6 Å². The smallest absolute Gasteiger partial charge is 0.280 e. The topological polar surface area (TPSA) is 55.2 Å². The number of aryl methyl sites for hydroxylation is 1. The number of aromatic nitrogens is 2. The van der Waals surface area contributed by atoms with Crippen molar-refractivity contribution in [2.75, 3.05) is 18.0 Å². The Morgan fingerprint density at radius 1 is 1.10 bits per heavy atom. The van der Waals surface area contributed by atoms with Crippen LogP contribution < -0.4 is 4.90 Å². The minimum absolute atomic E-state index is 0.181. The van der Waals surface area contributed by atoms with Crippen molar-refractivity contribution in [2.24, 2.45) is 0 Å². The van der Waals surface area contributed by atoms with E-state index in [2.05, 4.69) is 11.0 Å². The summed E-state index contributed by atoms with van der Waals surface area (Å²) in [5.41, 5.74) is 6.90. The van der Waals surface area contributed by atoms with Gasteiger partial charge in [-0.3, -0.25) is 9.59 Å². The Labute approximate surface area is 186 Å². The third-order valence-electron chi connectivity index (χ3n) is 6.44. The van der Waals surface area contributed by atoms with Gasteiger partial charge in [0.05, 0.1) is 22.0 Å². The van der Waals surface area contributed by atoms with Crippen LogP contribution in [0.4, 0.5) is 5.69 Å². The average molecular weight is 434 g/mol. The van der Waals surface area contributed by atoms with Gasteiger partial charge < -0.3 is 4.90 Å². The molecule has 0 bridgehead atoms. The van der Waals surface area contributed by atoms with Crippen molar-refractivity contribution < 1.29 is 9.59 Å². The number of anilines is 1. The molecule has 2 heterocycles. The largest absolute Gasteiger partial charge is 0.371 e. The molecule has 1 saturated heterocycles. The molecule has 0 amide bonds. The summed E-state index contributed by atoms with van der Waals surface area (Å²) in [7, 11) is 0. The van der Waals surface area contributed by atoms with Crippen molar-refractivity contribution >= 4 is 29.5 Å². The van der Waals surface area contributed by atoms with Crippen molar-refractivity contribution in [3.05, 3.63) is 69.4 Å². The zero-order chi connectivity index (χ0) is 21.5. The normalized spacial score (nSPS) is 15.4. The van der Waals surface area contributed by atoms with Crippen LogP contribution in [-0.4, -0.2) is 35.1 Å². The second-order valence-electron chi connectivity index (χ2n) is 8.36. The van der Waals surface area contributed by atoms with E-state index in [1.165, 1.54) is 0 Å². The van der Waals surface area contributed by atoms with Gasteiger partial charge in [-0.25, -0.2) is 0 Å². The van der Waals surface area contributed by atoms with Crippen LogP contribution in [0.2, 0.25) is 5.02 Å². The second kappa shape index (κ2) is 7.97. The number of fused-ring (bicyclic) bond motifs is 1. The molecular formula is C25H24ClN3O2. The minimum atomic E-state index is -0.181. The van der Waals surface area contributed by atoms with Crippen LogP contribution in [-0.2, 0) is 12.8 Å². The van der Waals surface area contributed by atoms with Gasteiger partial charge in [-0.2, -0.15) is 9.78 Å². The van der Waals surface area contributed by atoms with Crippen LogP contribution in [0.15, 0.2) is 36.4 Å². The van der Waals surface area contributed by atoms with Gasteiger partial charge in [0.1, 0.15) is 0 Å². The molecular weight excluding hydrogens is 410 g/mol. The van der Waals surface area contributed by atoms with Crippen LogP contribution in [0.1, 0.15) is 56.8 Å². The molecule has 0 unspecified atom stereocenters. The molecule has 2 aliphatic rings. The first kappa shape index (κ1) is 20.0. The molecule has 0 N–H and O–H groups in total. The standard InChI is InChI=1S/C25H24ClN3O2/c1-16-6-4-8-20(26)23(16)25(31)29-21-9-3-2-7-19(21)24(27-29)17-10-11-18(15-30)22(14-17)28-12-5-13-28/h4,6,8,10-11,14-15H,2-3,5,7,9,12-13H2,1H3. The van der Waals surface area contributed by atoms with Crippen molar-refractivity contribution in [3.8, 4) is 11.3 Å². The fraction of sp³-hybridized carbons (Fsp3) is 0.320. The molecule has 0 radical (unpaired) electrons. The minimum Gasteiger partial charge on any atom is -0.371 e. The summed E-state index contributed by atoms with van der Waals surface area (Å²) in [6, 6.07) is 11.4. The van der Waals surface area contributed by atoms with E-state index < -0.39 is 0 Å². The Balaban J connectivity index is 1.64. The summed E-state index contributed by atoms with van der Waals surface area (Å²) in [5.74, 6) is -0.181. The van der Waals surface area contributed by atoms with Gasteiger partial charge in [-0.1, -0.05) is 29.8 Å². The van der Waals surface area contributed by atoms with E-state index in [0.717, 1.165) is 85.2 Å². The molecule has 5 nitrogen and oxygen atoms in total. The summed E-state index contributed by atoms with van der Waals surface area (Å²) in [6.45, 7) is 3.82. The molecule has 1 aliphatic heterocycles. The average Bonchev–Trinajstić information content (AvgIpc) is 3.12. The number of hydrogen-bond acceptors (Lipinski definition) is 4. The Kier molecular flexibility index (Phi) is 5.14. The number of halogens is 1. The van der Waals surface area contributed by atoms with Crippen LogP contribution in [0, 0.1) is 6.92 Å². The van der Waals surface area contributed by atoms with Crippen LogP contribution in [0.5, 0.6) is 0 Å². The maximum absolute atomic E-state index is 13.5. The highest BCUT2D eigenvalue weighted by Gasteiger charge is 2.28. The first-order valence-corrected chi connectivity index (χ1v) is 11.2. The summed E-state index contributed by atoms with van der Waals surface area (Å²) in [5, 5.41) is 5.27. The number of benzene rings is 2. The highest BCUT2D eigenvalue weighted by atomic mass is 35.5. The van der Waals surface area contributed by atoms with E-state index in [-0.39, 0.29) is 5.91 Å². The second-order valence-corrected chi connectivity index (χ2v) is 8.77. The lowest BCUT2D eigenvalue weighted by atomic mass is 9.92. The third-order valence-corrected chi connectivity index (χ3v) is 6.75. The highest BCUT2D eigenvalue weighted by molar-refractivity contribution is 6.34. The van der Waals surface area contributed by atoms with E-state index in [1.54, 1.807) is 10.7 Å². The van der Waals surface area contributed by atoms with Crippen molar-refractivity contribution in [1.29, 1.82) is 0 Å². The summed E-state index contributed by atoms with van der Waals surface area (Å²) >= 11 is 6.39. The molecule has 31 heavy (non-hydrogen) atoms. The molecule has 1 aliphatic carbocycles. The van der Waals surface area contributed by atoms with Gasteiger partial charge in [-0.05, 0) is 62.8 Å². The Bertz CT molecular complexity index is 1170. The van der Waals surface area contributed by atoms with E-state index in [1.807, 2.05) is 31.2 Å². The molecule has 158 valence electrons. The van der Waals surface area contributed by atoms with Gasteiger partial charge in [0.2, 0.25) is 0 Å². The van der Waals surface area contributed by atoms with E-state index in [4.69, 9.17) is 16.7 Å². The molecule has 3 aromatic rings. The van der Waals surface area contributed by atoms with E-state index >= 15 is 0 Å². The predicted molar refractivity (Wildman–Crippen MR) is 122 cm³/mol. The predicted octanol–water partition coefficient (Wildman–Crippen LogP) is 5.10. The zero-order valence-electron chi connectivity index (χ0n) is 17.5. The highest BCUT2D eigenvalue weighted by Crippen LogP contribution is 2.35. The Morgan fingerprint density at radius 3 is 2.61 bits per heavy atom. The Hall–Kier alpha value is -2.92. The number of aldehydes is 1. The molecule has 2 aromatic carbocycles. The quantitative estimate of drug-likeness (QED) is 0.537. The summed E-state index contributed by atoms with van der Waals surface area (Å²) in [4.78, 5) is 27.3.